The maximum absolute atomic E-state index is 12.9. The maximum Gasteiger partial charge on any atom is 0.344 e. The number of sulfonamides is 1. The van der Waals surface area contributed by atoms with Crippen molar-refractivity contribution in [1.82, 2.24) is 0 Å². The molecule has 0 spiro atoms. The highest BCUT2D eigenvalue weighted by atomic mass is 32.2. The van der Waals surface area contributed by atoms with Crippen molar-refractivity contribution in [1.29, 1.82) is 0 Å². The van der Waals surface area contributed by atoms with E-state index in [1.165, 1.54) is 25.3 Å². The fourth-order valence-electron chi connectivity index (χ4n) is 4.52. The van der Waals surface area contributed by atoms with Gasteiger partial charge >= 0.3 is 11.9 Å². The van der Waals surface area contributed by atoms with Gasteiger partial charge in [0.05, 0.1) is 17.6 Å². The van der Waals surface area contributed by atoms with E-state index < -0.39 is 28.6 Å². The van der Waals surface area contributed by atoms with Crippen molar-refractivity contribution < 1.29 is 32.2 Å². The Morgan fingerprint density at radius 1 is 1.08 bits per heavy atom. The van der Waals surface area contributed by atoms with Gasteiger partial charge in [0.25, 0.3) is 10.0 Å². The van der Waals surface area contributed by atoms with Crippen molar-refractivity contribution >= 4 is 27.6 Å². The Balaban J connectivity index is 1.65. The van der Waals surface area contributed by atoms with Crippen LogP contribution in [0.4, 0.5) is 5.69 Å². The third-order valence-electron chi connectivity index (χ3n) is 6.65. The van der Waals surface area contributed by atoms with Crippen LogP contribution in [-0.4, -0.2) is 40.2 Å². The number of ether oxygens (including phenoxy) is 3. The molecular weight excluding hydrogens is 482 g/mol. The molecule has 0 saturated heterocycles. The molecule has 196 valence electrons. The summed E-state index contributed by atoms with van der Waals surface area (Å²) in [6.45, 7) is 7.52. The summed E-state index contributed by atoms with van der Waals surface area (Å²) in [5.74, 6) is 0.341. The fraction of sp³-hybridized carbons (Fsp3) is 0.481. The van der Waals surface area contributed by atoms with Gasteiger partial charge in [-0.15, -0.1) is 0 Å². The number of benzene rings is 2. The van der Waals surface area contributed by atoms with E-state index in [-0.39, 0.29) is 22.5 Å². The molecule has 9 heteroatoms. The topological polar surface area (TPSA) is 108 Å². The number of carbonyl (C=O) groups is 2. The Bertz CT molecular complexity index is 1180. The zero-order valence-corrected chi connectivity index (χ0v) is 22.3. The molecule has 1 saturated carbocycles. The minimum atomic E-state index is -3.97. The highest BCUT2D eigenvalue weighted by Gasteiger charge is 2.33. The predicted molar refractivity (Wildman–Crippen MR) is 136 cm³/mol. The van der Waals surface area contributed by atoms with Gasteiger partial charge in [0, 0.05) is 5.69 Å². The first-order valence-corrected chi connectivity index (χ1v) is 13.6. The van der Waals surface area contributed by atoms with E-state index in [0.29, 0.717) is 28.8 Å². The highest BCUT2D eigenvalue weighted by Crippen LogP contribution is 2.35. The third kappa shape index (κ3) is 7.00. The lowest BCUT2D eigenvalue weighted by atomic mass is 9.75. The molecule has 0 bridgehead atoms. The monoisotopic (exact) mass is 517 g/mol. The van der Waals surface area contributed by atoms with E-state index in [2.05, 4.69) is 25.5 Å². The van der Waals surface area contributed by atoms with Gasteiger partial charge < -0.3 is 14.2 Å². The van der Waals surface area contributed by atoms with Crippen LogP contribution in [-0.2, 0) is 24.3 Å². The van der Waals surface area contributed by atoms with Crippen LogP contribution in [0, 0.1) is 24.7 Å². The van der Waals surface area contributed by atoms with E-state index in [1.54, 1.807) is 31.2 Å². The molecule has 3 atom stereocenters. The molecular formula is C27H35NO7S. The molecule has 2 aromatic rings. The van der Waals surface area contributed by atoms with E-state index in [1.807, 2.05) is 0 Å². The van der Waals surface area contributed by atoms with Gasteiger partial charge in [0.1, 0.15) is 11.9 Å². The Kier molecular flexibility index (Phi) is 9.00. The average molecular weight is 518 g/mol. The van der Waals surface area contributed by atoms with Crippen LogP contribution in [0.2, 0.25) is 0 Å². The molecule has 1 N–H and O–H groups in total. The largest absolute Gasteiger partial charge is 0.497 e. The molecule has 0 amide bonds. The Morgan fingerprint density at radius 3 is 2.42 bits per heavy atom. The molecule has 0 heterocycles. The second-order valence-electron chi connectivity index (χ2n) is 9.74. The van der Waals surface area contributed by atoms with Crippen LogP contribution in [0.3, 0.4) is 0 Å². The van der Waals surface area contributed by atoms with Crippen molar-refractivity contribution in [2.24, 2.45) is 17.8 Å². The highest BCUT2D eigenvalue weighted by molar-refractivity contribution is 7.92. The van der Waals surface area contributed by atoms with Gasteiger partial charge in [-0.1, -0.05) is 33.3 Å². The van der Waals surface area contributed by atoms with Gasteiger partial charge in [0.2, 0.25) is 0 Å². The normalized spacial score (nSPS) is 20.0. The van der Waals surface area contributed by atoms with Crippen molar-refractivity contribution in [3.05, 3.63) is 53.6 Å². The maximum atomic E-state index is 12.9. The first kappa shape index (κ1) is 27.5. The van der Waals surface area contributed by atoms with Crippen LogP contribution in [0.5, 0.6) is 5.75 Å². The molecule has 0 radical (unpaired) electrons. The van der Waals surface area contributed by atoms with E-state index in [9.17, 15) is 18.0 Å². The molecule has 2 aromatic carbocycles. The number of esters is 2. The summed E-state index contributed by atoms with van der Waals surface area (Å²) >= 11 is 0. The minimum absolute atomic E-state index is 0.0618. The summed E-state index contributed by atoms with van der Waals surface area (Å²) in [6, 6.07) is 10.6. The second-order valence-corrected chi connectivity index (χ2v) is 11.4. The molecule has 0 aliphatic heterocycles. The number of methoxy groups -OCH3 is 1. The van der Waals surface area contributed by atoms with Crippen LogP contribution >= 0.6 is 0 Å². The number of aryl methyl sites for hydroxylation is 1. The summed E-state index contributed by atoms with van der Waals surface area (Å²) < 4.78 is 44.2. The zero-order chi connectivity index (χ0) is 26.5. The summed E-state index contributed by atoms with van der Waals surface area (Å²) in [5, 5.41) is 0. The molecule has 1 aliphatic carbocycles. The second kappa shape index (κ2) is 11.8. The van der Waals surface area contributed by atoms with Gasteiger partial charge in [0.15, 0.2) is 6.61 Å². The van der Waals surface area contributed by atoms with E-state index in [4.69, 9.17) is 14.2 Å². The van der Waals surface area contributed by atoms with E-state index >= 15 is 0 Å². The van der Waals surface area contributed by atoms with Crippen LogP contribution in [0.25, 0.3) is 0 Å². The Morgan fingerprint density at radius 2 is 1.78 bits per heavy atom. The number of hydrogen-bond acceptors (Lipinski definition) is 7. The van der Waals surface area contributed by atoms with Crippen LogP contribution in [0.15, 0.2) is 47.4 Å². The van der Waals surface area contributed by atoms with Crippen molar-refractivity contribution in [2.45, 2.75) is 58.0 Å². The molecule has 36 heavy (non-hydrogen) atoms. The number of anilines is 1. The van der Waals surface area contributed by atoms with Gasteiger partial charge in [-0.3, -0.25) is 4.72 Å². The summed E-state index contributed by atoms with van der Waals surface area (Å²) in [6.07, 6.45) is 2.71. The first-order valence-electron chi connectivity index (χ1n) is 12.1. The molecule has 3 rings (SSSR count). The van der Waals surface area contributed by atoms with Crippen molar-refractivity contribution in [3.63, 3.8) is 0 Å². The fourth-order valence-corrected chi connectivity index (χ4v) is 5.60. The minimum Gasteiger partial charge on any atom is -0.497 e. The molecule has 1 fully saturated rings. The predicted octanol–water partition coefficient (Wildman–Crippen LogP) is 4.97. The number of nitrogens with one attached hydrogen (secondary N) is 1. The van der Waals surface area contributed by atoms with Gasteiger partial charge in [-0.2, -0.15) is 0 Å². The van der Waals surface area contributed by atoms with Crippen LogP contribution in [0.1, 0.15) is 56.0 Å². The van der Waals surface area contributed by atoms with E-state index in [0.717, 1.165) is 19.3 Å². The standard InChI is InChI=1S/C27H35NO7S/c1-17(2)23-13-6-18(3)14-25(23)35-26(29)16-34-27(30)24-15-22(12-7-19(24)4)36(31,32)28-20-8-10-21(33-5)11-9-20/h7-12,15,17-18,23,25,28H,6,13-14,16H2,1-5H3. The number of carbonyl (C=O) groups excluding carboxylic acids is 2. The average Bonchev–Trinajstić information content (AvgIpc) is 2.82. The van der Waals surface area contributed by atoms with Crippen molar-refractivity contribution in [3.8, 4) is 5.75 Å². The first-order chi connectivity index (χ1) is 17.0. The lowest BCUT2D eigenvalue weighted by Crippen LogP contribution is -2.36. The Labute approximate surface area is 213 Å². The number of hydrogen-bond donors (Lipinski definition) is 1. The third-order valence-corrected chi connectivity index (χ3v) is 8.03. The zero-order valence-electron chi connectivity index (χ0n) is 21.4. The van der Waals surface area contributed by atoms with Gasteiger partial charge in [-0.25, -0.2) is 18.0 Å². The molecule has 8 nitrogen and oxygen atoms in total. The van der Waals surface area contributed by atoms with Gasteiger partial charge in [-0.05, 0) is 79.5 Å². The molecule has 0 aromatic heterocycles. The SMILES string of the molecule is COc1ccc(NS(=O)(=O)c2ccc(C)c(C(=O)OCC(=O)OC3CC(C)CCC3C(C)C)c2)cc1. The summed E-state index contributed by atoms with van der Waals surface area (Å²) in [5.41, 5.74) is 0.935. The number of rotatable bonds is 9. The van der Waals surface area contributed by atoms with Crippen molar-refractivity contribution in [2.75, 3.05) is 18.4 Å². The summed E-state index contributed by atoms with van der Waals surface area (Å²) in [7, 11) is -2.45. The quantitative estimate of drug-likeness (QED) is 0.468. The van der Waals surface area contributed by atoms with Crippen LogP contribution < -0.4 is 9.46 Å². The lowest BCUT2D eigenvalue weighted by molar-refractivity contribution is -0.159. The summed E-state index contributed by atoms with van der Waals surface area (Å²) in [4.78, 5) is 25.1. The smallest absolute Gasteiger partial charge is 0.344 e. The molecule has 1 aliphatic rings. The lowest BCUT2D eigenvalue weighted by Gasteiger charge is -2.36. The molecule has 3 unspecified atom stereocenters. The Hall–Kier alpha value is -3.07.